The van der Waals surface area contributed by atoms with Gasteiger partial charge in [-0.3, -0.25) is 4.79 Å². The van der Waals surface area contributed by atoms with Crippen molar-refractivity contribution in [3.8, 4) is 0 Å². The Morgan fingerprint density at radius 1 is 1.41 bits per heavy atom. The molecule has 1 unspecified atom stereocenters. The van der Waals surface area contributed by atoms with Gasteiger partial charge in [0.2, 0.25) is 5.91 Å². The van der Waals surface area contributed by atoms with Gasteiger partial charge in [-0.1, -0.05) is 17.7 Å². The van der Waals surface area contributed by atoms with E-state index in [1.54, 1.807) is 6.92 Å². The summed E-state index contributed by atoms with van der Waals surface area (Å²) in [6, 6.07) is 7.76. The van der Waals surface area contributed by atoms with E-state index in [4.69, 9.17) is 10.8 Å². The average Bonchev–Trinajstić information content (AvgIpc) is 2.29. The van der Waals surface area contributed by atoms with Crippen molar-refractivity contribution >= 4 is 11.6 Å². The fourth-order valence-corrected chi connectivity index (χ4v) is 1.64. The topological polar surface area (TPSA) is 75.3 Å². The Kier molecular flexibility index (Phi) is 4.52. The molecule has 0 radical (unpaired) electrons. The normalized spacial score (nSPS) is 14.1. The molecule has 17 heavy (non-hydrogen) atoms. The molecule has 1 rings (SSSR count). The lowest BCUT2D eigenvalue weighted by molar-refractivity contribution is -0.122. The number of aryl methyl sites for hydroxylation is 1. The molecule has 0 spiro atoms. The van der Waals surface area contributed by atoms with Gasteiger partial charge in [0.05, 0.1) is 0 Å². The number of anilines is 1. The highest BCUT2D eigenvalue weighted by atomic mass is 16.3. The van der Waals surface area contributed by atoms with Crippen LogP contribution in [0.1, 0.15) is 25.3 Å². The molecule has 0 saturated heterocycles. The van der Waals surface area contributed by atoms with Crippen molar-refractivity contribution in [2.24, 2.45) is 5.73 Å². The van der Waals surface area contributed by atoms with Crippen molar-refractivity contribution in [2.45, 2.75) is 32.2 Å². The summed E-state index contributed by atoms with van der Waals surface area (Å²) in [7, 11) is 0. The zero-order valence-corrected chi connectivity index (χ0v) is 10.4. The van der Waals surface area contributed by atoms with Crippen LogP contribution in [0.2, 0.25) is 0 Å². The van der Waals surface area contributed by atoms with Crippen LogP contribution in [0.15, 0.2) is 24.3 Å². The third-order valence-electron chi connectivity index (χ3n) is 2.85. The van der Waals surface area contributed by atoms with Crippen LogP contribution in [0.5, 0.6) is 0 Å². The average molecular weight is 236 g/mol. The van der Waals surface area contributed by atoms with Crippen molar-refractivity contribution < 1.29 is 9.90 Å². The number of carbonyl (C=O) groups excluding carboxylic acids is 1. The van der Waals surface area contributed by atoms with Crippen molar-refractivity contribution in [2.75, 3.05) is 11.9 Å². The van der Waals surface area contributed by atoms with Crippen LogP contribution < -0.4 is 11.1 Å². The van der Waals surface area contributed by atoms with Gasteiger partial charge in [0.1, 0.15) is 5.54 Å². The quantitative estimate of drug-likeness (QED) is 0.699. The molecule has 0 aromatic heterocycles. The maximum absolute atomic E-state index is 11.5. The summed E-state index contributed by atoms with van der Waals surface area (Å²) in [5.41, 5.74) is 6.60. The van der Waals surface area contributed by atoms with Gasteiger partial charge in [-0.05, 0) is 38.8 Å². The highest BCUT2D eigenvalue weighted by Gasteiger charge is 2.30. The van der Waals surface area contributed by atoms with Crippen LogP contribution in [0.3, 0.4) is 0 Å². The van der Waals surface area contributed by atoms with Gasteiger partial charge in [0, 0.05) is 12.3 Å². The molecule has 4 N–H and O–H groups in total. The van der Waals surface area contributed by atoms with Crippen LogP contribution in [-0.4, -0.2) is 23.2 Å². The van der Waals surface area contributed by atoms with Gasteiger partial charge in [-0.2, -0.15) is 0 Å². The molecule has 0 aliphatic carbocycles. The number of aliphatic hydroxyl groups excluding tert-OH is 1. The van der Waals surface area contributed by atoms with Gasteiger partial charge in [-0.25, -0.2) is 0 Å². The summed E-state index contributed by atoms with van der Waals surface area (Å²) in [6.07, 6.45) is 1.05. The minimum absolute atomic E-state index is 0.0540. The zero-order chi connectivity index (χ0) is 12.9. The number of nitrogens with one attached hydrogen (secondary N) is 1. The number of hydrogen-bond acceptors (Lipinski definition) is 3. The summed E-state index contributed by atoms with van der Waals surface area (Å²) in [5, 5.41) is 12.0. The van der Waals surface area contributed by atoms with Crippen molar-refractivity contribution in [3.63, 3.8) is 0 Å². The first kappa shape index (κ1) is 13.5. The predicted octanol–water partition coefficient (Wildman–Crippen LogP) is 1.42. The van der Waals surface area contributed by atoms with E-state index in [-0.39, 0.29) is 6.61 Å². The summed E-state index contributed by atoms with van der Waals surface area (Å²) >= 11 is 0. The van der Waals surface area contributed by atoms with E-state index in [9.17, 15) is 4.79 Å². The Bertz CT molecular complexity index is 376. The molecule has 4 heteroatoms. The maximum Gasteiger partial charge on any atom is 0.242 e. The van der Waals surface area contributed by atoms with Crippen LogP contribution in [-0.2, 0) is 4.79 Å². The monoisotopic (exact) mass is 236 g/mol. The second kappa shape index (κ2) is 5.68. The highest BCUT2D eigenvalue weighted by Crippen LogP contribution is 2.20. The lowest BCUT2D eigenvalue weighted by Crippen LogP contribution is -2.48. The third kappa shape index (κ3) is 3.75. The predicted molar refractivity (Wildman–Crippen MR) is 68.7 cm³/mol. The van der Waals surface area contributed by atoms with E-state index < -0.39 is 11.4 Å². The number of nitrogens with two attached hydrogens (primary N) is 1. The van der Waals surface area contributed by atoms with E-state index in [1.165, 1.54) is 0 Å². The summed E-state index contributed by atoms with van der Waals surface area (Å²) in [4.78, 5) is 11.5. The van der Waals surface area contributed by atoms with Crippen LogP contribution in [0.25, 0.3) is 0 Å². The van der Waals surface area contributed by atoms with E-state index in [2.05, 4.69) is 5.32 Å². The molecule has 1 amide bonds. The molecule has 0 heterocycles. The summed E-state index contributed by atoms with van der Waals surface area (Å²) < 4.78 is 0. The van der Waals surface area contributed by atoms with Crippen LogP contribution >= 0.6 is 0 Å². The number of benzene rings is 1. The third-order valence-corrected chi connectivity index (χ3v) is 2.85. The standard InChI is InChI=1S/C13H20N2O2/c1-10-4-6-11(7-5-10)15-13(2,12(14)17)8-3-9-16/h4-7,15-16H,3,8-9H2,1-2H3,(H2,14,17). The lowest BCUT2D eigenvalue weighted by atomic mass is 9.94. The second-order valence-corrected chi connectivity index (χ2v) is 4.51. The van der Waals surface area contributed by atoms with Crippen molar-refractivity contribution in [3.05, 3.63) is 29.8 Å². The Morgan fingerprint density at radius 3 is 2.47 bits per heavy atom. The molecule has 1 aromatic carbocycles. The summed E-state index contributed by atoms with van der Waals surface area (Å²) in [6.45, 7) is 3.81. The molecule has 0 aliphatic rings. The minimum Gasteiger partial charge on any atom is -0.396 e. The first-order chi connectivity index (χ1) is 7.98. The molecular formula is C13H20N2O2. The lowest BCUT2D eigenvalue weighted by Gasteiger charge is -2.28. The van der Waals surface area contributed by atoms with E-state index in [0.717, 1.165) is 11.3 Å². The molecule has 1 atom stereocenters. The molecule has 0 aliphatic heterocycles. The number of carbonyl (C=O) groups is 1. The number of primary amides is 1. The van der Waals surface area contributed by atoms with E-state index in [0.29, 0.717) is 12.8 Å². The van der Waals surface area contributed by atoms with Crippen LogP contribution in [0.4, 0.5) is 5.69 Å². The Hall–Kier alpha value is -1.55. The number of aliphatic hydroxyl groups is 1. The zero-order valence-electron chi connectivity index (χ0n) is 10.4. The maximum atomic E-state index is 11.5. The summed E-state index contributed by atoms with van der Waals surface area (Å²) in [5.74, 6) is -0.411. The Balaban J connectivity index is 2.79. The highest BCUT2D eigenvalue weighted by molar-refractivity contribution is 5.87. The van der Waals surface area contributed by atoms with E-state index in [1.807, 2.05) is 31.2 Å². The fourth-order valence-electron chi connectivity index (χ4n) is 1.64. The van der Waals surface area contributed by atoms with E-state index >= 15 is 0 Å². The smallest absolute Gasteiger partial charge is 0.242 e. The molecule has 0 bridgehead atoms. The van der Waals surface area contributed by atoms with Crippen molar-refractivity contribution in [1.29, 1.82) is 0 Å². The number of hydrogen-bond donors (Lipinski definition) is 3. The minimum atomic E-state index is -0.821. The molecule has 4 nitrogen and oxygen atoms in total. The van der Waals surface area contributed by atoms with Gasteiger partial charge < -0.3 is 16.2 Å². The van der Waals surface area contributed by atoms with Crippen LogP contribution in [0, 0.1) is 6.92 Å². The fraction of sp³-hybridized carbons (Fsp3) is 0.462. The molecule has 0 fully saturated rings. The van der Waals surface area contributed by atoms with Gasteiger partial charge in [0.25, 0.3) is 0 Å². The number of amides is 1. The van der Waals surface area contributed by atoms with Gasteiger partial charge >= 0.3 is 0 Å². The molecule has 94 valence electrons. The SMILES string of the molecule is Cc1ccc(NC(C)(CCCO)C(N)=O)cc1. The number of rotatable bonds is 6. The second-order valence-electron chi connectivity index (χ2n) is 4.51. The first-order valence-electron chi connectivity index (χ1n) is 5.73. The Morgan fingerprint density at radius 2 is 2.00 bits per heavy atom. The Labute approximate surface area is 102 Å². The largest absolute Gasteiger partial charge is 0.396 e. The molecule has 0 saturated carbocycles. The van der Waals surface area contributed by atoms with Gasteiger partial charge in [-0.15, -0.1) is 0 Å². The van der Waals surface area contributed by atoms with Gasteiger partial charge in [0.15, 0.2) is 0 Å². The molecule has 1 aromatic rings. The molecular weight excluding hydrogens is 216 g/mol. The van der Waals surface area contributed by atoms with Crippen molar-refractivity contribution in [1.82, 2.24) is 0 Å². The first-order valence-corrected chi connectivity index (χ1v) is 5.73.